The number of benzene rings is 1. The van der Waals surface area contributed by atoms with Crippen LogP contribution in [0.1, 0.15) is 67.5 Å². The summed E-state index contributed by atoms with van der Waals surface area (Å²) in [4.78, 5) is 4.92. The molecule has 2 aliphatic rings. The van der Waals surface area contributed by atoms with Crippen LogP contribution in [0.15, 0.2) is 23.2 Å². The van der Waals surface area contributed by atoms with Crippen molar-refractivity contribution in [2.45, 2.75) is 71.9 Å². The Morgan fingerprint density at radius 2 is 2.00 bits per heavy atom. The van der Waals surface area contributed by atoms with Gasteiger partial charge in [-0.25, -0.2) is 0 Å². The molecule has 0 amide bonds. The van der Waals surface area contributed by atoms with Crippen LogP contribution in [-0.2, 0) is 25.8 Å². The monoisotopic (exact) mass is 522 g/mol. The van der Waals surface area contributed by atoms with E-state index in [1.807, 2.05) is 6.92 Å². The first-order chi connectivity index (χ1) is 14.1. The van der Waals surface area contributed by atoms with Crippen LogP contribution in [0.2, 0.25) is 0 Å². The van der Waals surface area contributed by atoms with Crippen LogP contribution >= 0.6 is 24.0 Å². The number of rotatable bonds is 5. The summed E-state index contributed by atoms with van der Waals surface area (Å²) in [5.74, 6) is 3.57. The second kappa shape index (κ2) is 10.6. The van der Waals surface area contributed by atoms with Crippen LogP contribution in [0.3, 0.4) is 0 Å². The van der Waals surface area contributed by atoms with E-state index < -0.39 is 0 Å². The Bertz CT molecular complexity index is 875. The van der Waals surface area contributed by atoms with Gasteiger partial charge >= 0.3 is 0 Å². The molecule has 2 N–H and O–H groups in total. The third kappa shape index (κ3) is 5.34. The molecule has 30 heavy (non-hydrogen) atoms. The van der Waals surface area contributed by atoms with Gasteiger partial charge in [-0.15, -0.1) is 34.2 Å². The molecule has 6 nitrogen and oxygen atoms in total. The third-order valence-electron chi connectivity index (χ3n) is 6.31. The van der Waals surface area contributed by atoms with Gasteiger partial charge in [-0.3, -0.25) is 4.99 Å². The molecule has 1 aromatic heterocycles. The van der Waals surface area contributed by atoms with E-state index in [2.05, 4.69) is 57.4 Å². The normalized spacial score (nSPS) is 19.3. The van der Waals surface area contributed by atoms with Crippen LogP contribution in [-0.4, -0.2) is 33.8 Å². The molecule has 2 unspecified atom stereocenters. The van der Waals surface area contributed by atoms with Gasteiger partial charge in [0, 0.05) is 26.1 Å². The lowest BCUT2D eigenvalue weighted by Crippen LogP contribution is -2.39. The zero-order chi connectivity index (χ0) is 20.2. The number of fused-ring (bicyclic) bond motifs is 2. The molecule has 0 bridgehead atoms. The van der Waals surface area contributed by atoms with Crippen LogP contribution in [0, 0.1) is 12.8 Å². The molecule has 4 rings (SSSR count). The molecule has 0 fully saturated rings. The van der Waals surface area contributed by atoms with Crippen molar-refractivity contribution in [3.8, 4) is 0 Å². The SMILES string of the molecule is CCNC(=NCC1CCc2nnc(C)n2C1)NC(C)c1ccc2c(c1)CCCC2.I. The number of halogens is 1. The number of hydrogen-bond donors (Lipinski definition) is 2. The summed E-state index contributed by atoms with van der Waals surface area (Å²) in [5, 5.41) is 15.5. The highest BCUT2D eigenvalue weighted by Crippen LogP contribution is 2.25. The van der Waals surface area contributed by atoms with E-state index in [4.69, 9.17) is 4.99 Å². The Kier molecular flexibility index (Phi) is 8.13. The van der Waals surface area contributed by atoms with Gasteiger partial charge < -0.3 is 15.2 Å². The van der Waals surface area contributed by atoms with E-state index in [1.165, 1.54) is 42.4 Å². The minimum atomic E-state index is 0. The lowest BCUT2D eigenvalue weighted by Gasteiger charge is -2.24. The molecule has 0 radical (unpaired) electrons. The minimum Gasteiger partial charge on any atom is -0.357 e. The van der Waals surface area contributed by atoms with Gasteiger partial charge in [-0.2, -0.15) is 0 Å². The highest BCUT2D eigenvalue weighted by Gasteiger charge is 2.21. The highest BCUT2D eigenvalue weighted by atomic mass is 127. The summed E-state index contributed by atoms with van der Waals surface area (Å²) >= 11 is 0. The molecule has 1 aromatic carbocycles. The van der Waals surface area contributed by atoms with Gasteiger partial charge in [0.25, 0.3) is 0 Å². The van der Waals surface area contributed by atoms with Crippen LogP contribution in [0.25, 0.3) is 0 Å². The standard InChI is InChI=1S/C23H34N6.HI/c1-4-24-23(25-14-18-9-12-22-28-27-17(3)29(22)15-18)26-16(2)20-11-10-19-7-5-6-8-21(19)13-20;/h10-11,13,16,18H,4-9,12,14-15H2,1-3H3,(H2,24,25,26);1H. The van der Waals surface area contributed by atoms with E-state index in [0.29, 0.717) is 5.92 Å². The van der Waals surface area contributed by atoms with Gasteiger partial charge in [-0.1, -0.05) is 18.2 Å². The Morgan fingerprint density at radius 1 is 1.20 bits per heavy atom. The molecule has 2 atom stereocenters. The van der Waals surface area contributed by atoms with Crippen molar-refractivity contribution in [3.05, 3.63) is 46.5 Å². The number of guanidine groups is 1. The summed E-state index contributed by atoms with van der Waals surface area (Å²) in [6.07, 6.45) is 7.22. The van der Waals surface area contributed by atoms with Gasteiger partial charge in [-0.05, 0) is 75.5 Å². The first-order valence-corrected chi connectivity index (χ1v) is 11.2. The van der Waals surface area contributed by atoms with E-state index >= 15 is 0 Å². The molecular formula is C23H35IN6. The van der Waals surface area contributed by atoms with Crippen molar-refractivity contribution in [1.29, 1.82) is 0 Å². The Balaban J connectivity index is 0.00000256. The van der Waals surface area contributed by atoms with Crippen molar-refractivity contribution in [3.63, 3.8) is 0 Å². The Morgan fingerprint density at radius 3 is 2.80 bits per heavy atom. The number of aliphatic imine (C=N–C) groups is 1. The van der Waals surface area contributed by atoms with Crippen LogP contribution < -0.4 is 10.6 Å². The summed E-state index contributed by atoms with van der Waals surface area (Å²) in [5.41, 5.74) is 4.42. The predicted molar refractivity (Wildman–Crippen MR) is 133 cm³/mol. The van der Waals surface area contributed by atoms with E-state index in [1.54, 1.807) is 0 Å². The molecule has 164 valence electrons. The van der Waals surface area contributed by atoms with Crippen molar-refractivity contribution in [2.24, 2.45) is 10.9 Å². The predicted octanol–water partition coefficient (Wildman–Crippen LogP) is 3.96. The maximum Gasteiger partial charge on any atom is 0.191 e. The van der Waals surface area contributed by atoms with E-state index in [0.717, 1.165) is 50.1 Å². The average molecular weight is 522 g/mol. The summed E-state index contributed by atoms with van der Waals surface area (Å²) in [6.45, 7) is 9.04. The second-order valence-electron chi connectivity index (χ2n) is 8.50. The average Bonchev–Trinajstić information content (AvgIpc) is 3.12. The minimum absolute atomic E-state index is 0. The van der Waals surface area contributed by atoms with Gasteiger partial charge in [0.1, 0.15) is 11.6 Å². The molecule has 1 aliphatic heterocycles. The molecule has 1 aliphatic carbocycles. The molecule has 2 aromatic rings. The number of hydrogen-bond acceptors (Lipinski definition) is 3. The molecule has 0 saturated carbocycles. The molecule has 2 heterocycles. The van der Waals surface area contributed by atoms with Crippen molar-refractivity contribution in [2.75, 3.05) is 13.1 Å². The zero-order valence-corrected chi connectivity index (χ0v) is 20.8. The molecular weight excluding hydrogens is 487 g/mol. The topological polar surface area (TPSA) is 67.1 Å². The number of nitrogens with zero attached hydrogens (tertiary/aromatic N) is 4. The fourth-order valence-electron chi connectivity index (χ4n) is 4.53. The quantitative estimate of drug-likeness (QED) is 0.355. The summed E-state index contributed by atoms with van der Waals surface area (Å²) in [7, 11) is 0. The van der Waals surface area contributed by atoms with Crippen LogP contribution in [0.5, 0.6) is 0 Å². The van der Waals surface area contributed by atoms with Gasteiger partial charge in [0.15, 0.2) is 5.96 Å². The first kappa shape index (κ1) is 23.0. The summed E-state index contributed by atoms with van der Waals surface area (Å²) < 4.78 is 2.25. The van der Waals surface area contributed by atoms with E-state index in [9.17, 15) is 0 Å². The number of aryl methyl sites for hydroxylation is 4. The molecule has 7 heteroatoms. The number of nitrogens with one attached hydrogen (secondary N) is 2. The third-order valence-corrected chi connectivity index (χ3v) is 6.31. The first-order valence-electron chi connectivity index (χ1n) is 11.2. The maximum absolute atomic E-state index is 4.92. The smallest absolute Gasteiger partial charge is 0.191 e. The Labute approximate surface area is 197 Å². The largest absolute Gasteiger partial charge is 0.357 e. The Hall–Kier alpha value is -1.64. The van der Waals surface area contributed by atoms with Gasteiger partial charge in [0.2, 0.25) is 0 Å². The highest BCUT2D eigenvalue weighted by molar-refractivity contribution is 14.0. The maximum atomic E-state index is 4.92. The van der Waals surface area contributed by atoms with Crippen molar-refractivity contribution >= 4 is 29.9 Å². The molecule has 0 spiro atoms. The molecule has 0 saturated heterocycles. The number of aromatic nitrogens is 3. The fraction of sp³-hybridized carbons (Fsp3) is 0.609. The van der Waals surface area contributed by atoms with Crippen molar-refractivity contribution in [1.82, 2.24) is 25.4 Å². The van der Waals surface area contributed by atoms with Gasteiger partial charge in [0.05, 0.1) is 6.04 Å². The summed E-state index contributed by atoms with van der Waals surface area (Å²) in [6, 6.07) is 7.24. The lowest BCUT2D eigenvalue weighted by atomic mass is 9.89. The zero-order valence-electron chi connectivity index (χ0n) is 18.4. The fourth-order valence-corrected chi connectivity index (χ4v) is 4.53. The lowest BCUT2D eigenvalue weighted by molar-refractivity contribution is 0.369. The van der Waals surface area contributed by atoms with Crippen LogP contribution in [0.4, 0.5) is 0 Å². The van der Waals surface area contributed by atoms with Crippen molar-refractivity contribution < 1.29 is 0 Å². The second-order valence-corrected chi connectivity index (χ2v) is 8.50. The van der Waals surface area contributed by atoms with E-state index in [-0.39, 0.29) is 30.0 Å².